The Labute approximate surface area is 186 Å². The average Bonchev–Trinajstić information content (AvgIpc) is 3.56. The van der Waals surface area contributed by atoms with Gasteiger partial charge in [-0.3, -0.25) is 14.1 Å². The number of hydrogen-bond donors (Lipinski definition) is 4. The molecule has 1 aliphatic carbocycles. The Hall–Kier alpha value is -2.95. The Kier molecular flexibility index (Phi) is 4.59. The smallest absolute Gasteiger partial charge is 0.156 e. The van der Waals surface area contributed by atoms with Crippen LogP contribution in [-0.4, -0.2) is 42.5 Å². The molecule has 1 atom stereocenters. The standard InChI is InChI=1S/C22H24FN5O3S/c1-21(12-32(29,30)22(6-7-22)20(24)28-21)16-10-14(3-4-17(16)23)27-19-18-13(5-8-25-19)9-15(31-2)11-26-18/h3-5,8-11,29-30H,6-7,12H2,1-2H3,(H2,24,28)(H,25,27)/t21-/m0/s1. The third-order valence-electron chi connectivity index (χ3n) is 6.27. The van der Waals surface area contributed by atoms with Crippen LogP contribution in [0.1, 0.15) is 25.3 Å². The van der Waals surface area contributed by atoms with E-state index in [0.29, 0.717) is 35.6 Å². The SMILES string of the molecule is COc1cnc2c(Nc3ccc(F)c([C@]4(C)CS(O)(O)C5(CC5)C(N)=N4)c3)nccc2c1. The summed E-state index contributed by atoms with van der Waals surface area (Å²) in [6.45, 7) is 1.68. The lowest BCUT2D eigenvalue weighted by molar-refractivity contribution is 0.414. The molecule has 5 N–H and O–H groups in total. The number of nitrogens with two attached hydrogens (primary N) is 1. The molecule has 1 spiro atoms. The molecular weight excluding hydrogens is 433 g/mol. The summed E-state index contributed by atoms with van der Waals surface area (Å²) in [7, 11) is -1.48. The van der Waals surface area contributed by atoms with E-state index in [1.807, 2.05) is 12.1 Å². The zero-order valence-electron chi connectivity index (χ0n) is 17.7. The molecule has 0 radical (unpaired) electrons. The molecule has 1 saturated carbocycles. The molecule has 2 aromatic heterocycles. The fourth-order valence-electron chi connectivity index (χ4n) is 4.33. The first-order valence-corrected chi connectivity index (χ1v) is 11.9. The Morgan fingerprint density at radius 2 is 1.97 bits per heavy atom. The second kappa shape index (κ2) is 7.03. The molecule has 168 valence electrons. The molecule has 0 saturated heterocycles. The lowest BCUT2D eigenvalue weighted by Gasteiger charge is -2.49. The zero-order valence-corrected chi connectivity index (χ0v) is 18.5. The van der Waals surface area contributed by atoms with Gasteiger partial charge in [-0.25, -0.2) is 14.4 Å². The number of ether oxygens (including phenoxy) is 1. The van der Waals surface area contributed by atoms with Crippen molar-refractivity contribution in [3.8, 4) is 5.75 Å². The lowest BCUT2D eigenvalue weighted by Crippen LogP contribution is -2.47. The molecule has 8 nitrogen and oxygen atoms in total. The molecule has 1 fully saturated rings. The van der Waals surface area contributed by atoms with Crippen molar-refractivity contribution in [1.29, 1.82) is 0 Å². The number of amidine groups is 1. The van der Waals surface area contributed by atoms with Crippen molar-refractivity contribution in [3.63, 3.8) is 0 Å². The quantitative estimate of drug-likeness (QED) is 0.458. The molecule has 3 aromatic rings. The van der Waals surface area contributed by atoms with Crippen LogP contribution in [0.3, 0.4) is 0 Å². The number of anilines is 2. The van der Waals surface area contributed by atoms with E-state index >= 15 is 0 Å². The van der Waals surface area contributed by atoms with Gasteiger partial charge >= 0.3 is 0 Å². The summed E-state index contributed by atoms with van der Waals surface area (Å²) in [5.74, 6) is 0.755. The Bertz CT molecular complexity index is 1260. The van der Waals surface area contributed by atoms with Gasteiger partial charge in [0, 0.05) is 22.8 Å². The number of fused-ring (bicyclic) bond motifs is 1. The van der Waals surface area contributed by atoms with Crippen LogP contribution in [-0.2, 0) is 5.54 Å². The summed E-state index contributed by atoms with van der Waals surface area (Å²) in [6.07, 6.45) is 4.43. The number of nitrogens with zero attached hydrogens (tertiary/aromatic N) is 3. The van der Waals surface area contributed by atoms with Crippen LogP contribution in [0.15, 0.2) is 47.7 Å². The zero-order chi connectivity index (χ0) is 22.7. The fraction of sp³-hybridized carbons (Fsp3) is 0.318. The van der Waals surface area contributed by atoms with E-state index in [-0.39, 0.29) is 17.2 Å². The van der Waals surface area contributed by atoms with E-state index in [0.717, 1.165) is 5.39 Å². The number of benzene rings is 1. The summed E-state index contributed by atoms with van der Waals surface area (Å²) in [6, 6.07) is 8.19. The average molecular weight is 458 g/mol. The topological polar surface area (TPSA) is 126 Å². The van der Waals surface area contributed by atoms with Crippen LogP contribution < -0.4 is 15.8 Å². The molecule has 5 rings (SSSR count). The van der Waals surface area contributed by atoms with Gasteiger partial charge in [-0.15, -0.1) is 0 Å². The summed E-state index contributed by atoms with van der Waals surface area (Å²) in [5, 5.41) is 4.03. The Balaban J connectivity index is 1.53. The first-order chi connectivity index (χ1) is 15.2. The van der Waals surface area contributed by atoms with E-state index < -0.39 is 26.7 Å². The van der Waals surface area contributed by atoms with E-state index in [4.69, 9.17) is 10.5 Å². The molecular formula is C22H24FN5O3S. The molecule has 2 aliphatic rings. The van der Waals surface area contributed by atoms with Crippen LogP contribution in [0, 0.1) is 5.82 Å². The van der Waals surface area contributed by atoms with Crippen molar-refractivity contribution in [2.75, 3.05) is 18.2 Å². The molecule has 3 heterocycles. The molecule has 1 aliphatic heterocycles. The van der Waals surface area contributed by atoms with E-state index in [1.165, 1.54) is 6.07 Å². The predicted molar refractivity (Wildman–Crippen MR) is 124 cm³/mol. The largest absolute Gasteiger partial charge is 0.495 e. The second-order valence-electron chi connectivity index (χ2n) is 8.50. The second-order valence-corrected chi connectivity index (χ2v) is 10.9. The van der Waals surface area contributed by atoms with Gasteiger partial charge in [0.05, 0.1) is 19.1 Å². The van der Waals surface area contributed by atoms with Gasteiger partial charge in [0.25, 0.3) is 0 Å². The maximum Gasteiger partial charge on any atom is 0.156 e. The molecule has 32 heavy (non-hydrogen) atoms. The molecule has 0 bridgehead atoms. The van der Waals surface area contributed by atoms with Crippen LogP contribution in [0.25, 0.3) is 10.9 Å². The molecule has 10 heteroatoms. The van der Waals surface area contributed by atoms with Crippen molar-refractivity contribution >= 4 is 38.8 Å². The number of methoxy groups -OCH3 is 1. The van der Waals surface area contributed by atoms with Gasteiger partial charge in [0.15, 0.2) is 5.82 Å². The van der Waals surface area contributed by atoms with Gasteiger partial charge in [0.2, 0.25) is 0 Å². The highest BCUT2D eigenvalue weighted by molar-refractivity contribution is 8.26. The van der Waals surface area contributed by atoms with Gasteiger partial charge in [-0.05, 0) is 50.1 Å². The van der Waals surface area contributed by atoms with Crippen molar-refractivity contribution in [1.82, 2.24) is 9.97 Å². The van der Waals surface area contributed by atoms with Crippen molar-refractivity contribution in [3.05, 3.63) is 54.1 Å². The van der Waals surface area contributed by atoms with Crippen LogP contribution >= 0.6 is 10.6 Å². The van der Waals surface area contributed by atoms with Crippen molar-refractivity contribution in [2.24, 2.45) is 10.7 Å². The Morgan fingerprint density at radius 3 is 2.66 bits per heavy atom. The van der Waals surface area contributed by atoms with Crippen LogP contribution in [0.4, 0.5) is 15.9 Å². The molecule has 0 amide bonds. The van der Waals surface area contributed by atoms with E-state index in [9.17, 15) is 13.5 Å². The number of aromatic nitrogens is 2. The van der Waals surface area contributed by atoms with Gasteiger partial charge < -0.3 is 15.8 Å². The minimum absolute atomic E-state index is 0.0745. The number of halogens is 1. The van der Waals surface area contributed by atoms with Crippen LogP contribution in [0.2, 0.25) is 0 Å². The summed E-state index contributed by atoms with van der Waals surface area (Å²) in [4.78, 5) is 13.3. The number of aliphatic imine (C=N–C) groups is 1. The van der Waals surface area contributed by atoms with E-state index in [2.05, 4.69) is 20.3 Å². The minimum Gasteiger partial charge on any atom is -0.495 e. The maximum absolute atomic E-state index is 14.9. The van der Waals surface area contributed by atoms with Crippen LogP contribution in [0.5, 0.6) is 5.75 Å². The summed E-state index contributed by atoms with van der Waals surface area (Å²) < 4.78 is 40.9. The normalized spacial score (nSPS) is 24.1. The highest BCUT2D eigenvalue weighted by Gasteiger charge is 2.62. The molecule has 0 unspecified atom stereocenters. The lowest BCUT2D eigenvalue weighted by atomic mass is 9.93. The van der Waals surface area contributed by atoms with Crippen molar-refractivity contribution in [2.45, 2.75) is 30.1 Å². The fourth-order valence-corrected chi connectivity index (χ4v) is 6.74. The number of rotatable bonds is 4. The highest BCUT2D eigenvalue weighted by Crippen LogP contribution is 2.69. The predicted octanol–water partition coefficient (Wildman–Crippen LogP) is 4.39. The van der Waals surface area contributed by atoms with Gasteiger partial charge in [-0.1, -0.05) is 0 Å². The third-order valence-corrected chi connectivity index (χ3v) is 9.10. The third kappa shape index (κ3) is 3.17. The number of hydrogen-bond acceptors (Lipinski definition) is 8. The maximum atomic E-state index is 14.9. The highest BCUT2D eigenvalue weighted by atomic mass is 32.3. The Morgan fingerprint density at radius 1 is 1.19 bits per heavy atom. The summed E-state index contributed by atoms with van der Waals surface area (Å²) in [5.41, 5.74) is 6.38. The number of nitrogens with one attached hydrogen (secondary N) is 1. The number of pyridine rings is 2. The summed E-state index contributed by atoms with van der Waals surface area (Å²) >= 11 is 0. The van der Waals surface area contributed by atoms with Crippen molar-refractivity contribution < 1.29 is 18.2 Å². The minimum atomic E-state index is -3.06. The van der Waals surface area contributed by atoms with E-state index in [1.54, 1.807) is 38.6 Å². The van der Waals surface area contributed by atoms with Gasteiger partial charge in [-0.2, -0.15) is 10.6 Å². The monoisotopic (exact) mass is 457 g/mol. The van der Waals surface area contributed by atoms with Gasteiger partial charge in [0.1, 0.15) is 33.2 Å². The molecule has 1 aromatic carbocycles. The first-order valence-electron chi connectivity index (χ1n) is 10.1. The first kappa shape index (κ1) is 20.9.